The van der Waals surface area contributed by atoms with E-state index in [1.807, 2.05) is 12.1 Å². The molecule has 0 aromatic heterocycles. The first-order chi connectivity index (χ1) is 10.4. The van der Waals surface area contributed by atoms with Gasteiger partial charge in [-0.3, -0.25) is 10.2 Å². The normalized spacial score (nSPS) is 11.5. The van der Waals surface area contributed by atoms with Crippen molar-refractivity contribution in [1.29, 1.82) is 5.41 Å². The van der Waals surface area contributed by atoms with Crippen molar-refractivity contribution >= 4 is 23.5 Å². The molecular formula is C14H20N4O4. The van der Waals surface area contributed by atoms with E-state index in [-0.39, 0.29) is 18.3 Å². The molecule has 8 heteroatoms. The maximum absolute atomic E-state index is 11.6. The van der Waals surface area contributed by atoms with Crippen LogP contribution in [-0.2, 0) is 20.7 Å². The van der Waals surface area contributed by atoms with Crippen LogP contribution in [0.15, 0.2) is 24.3 Å². The van der Waals surface area contributed by atoms with E-state index in [1.54, 1.807) is 12.1 Å². The topological polar surface area (TPSA) is 138 Å². The van der Waals surface area contributed by atoms with Crippen molar-refractivity contribution in [3.8, 4) is 0 Å². The predicted molar refractivity (Wildman–Crippen MR) is 81.5 cm³/mol. The number of amides is 1. The van der Waals surface area contributed by atoms with Crippen molar-refractivity contribution in [2.24, 2.45) is 5.73 Å². The van der Waals surface area contributed by atoms with Crippen LogP contribution >= 0.6 is 0 Å². The average Bonchev–Trinajstić information content (AvgIpc) is 2.45. The van der Waals surface area contributed by atoms with Gasteiger partial charge in [-0.25, -0.2) is 4.79 Å². The third-order valence-electron chi connectivity index (χ3n) is 2.85. The number of aryl methyl sites for hydroxylation is 1. The molecule has 0 aliphatic rings. The number of anilines is 1. The molecule has 0 aliphatic carbocycles. The molecule has 1 rings (SSSR count). The van der Waals surface area contributed by atoms with Crippen molar-refractivity contribution in [3.05, 3.63) is 29.8 Å². The third kappa shape index (κ3) is 6.23. The lowest BCUT2D eigenvalue weighted by molar-refractivity contribution is -0.153. The number of hydrogen-bond acceptors (Lipinski definition) is 4. The minimum absolute atomic E-state index is 0.129. The second kappa shape index (κ2) is 8.63. The van der Waals surface area contributed by atoms with Gasteiger partial charge >= 0.3 is 5.97 Å². The minimum Gasteiger partial charge on any atom is -0.478 e. The van der Waals surface area contributed by atoms with Gasteiger partial charge in [-0.15, -0.1) is 0 Å². The minimum atomic E-state index is -1.32. The second-order valence-corrected chi connectivity index (χ2v) is 4.61. The zero-order valence-corrected chi connectivity index (χ0v) is 12.3. The largest absolute Gasteiger partial charge is 0.478 e. The smallest absolute Gasteiger partial charge is 0.354 e. The van der Waals surface area contributed by atoms with E-state index in [0.717, 1.165) is 11.3 Å². The van der Waals surface area contributed by atoms with E-state index in [9.17, 15) is 9.59 Å². The number of ether oxygens (including phenoxy) is 1. The summed E-state index contributed by atoms with van der Waals surface area (Å²) >= 11 is 0. The number of carboxylic acid groups (broad SMARTS) is 1. The molecule has 1 atom stereocenters. The van der Waals surface area contributed by atoms with Crippen LogP contribution in [-0.4, -0.2) is 36.3 Å². The molecule has 0 bridgehead atoms. The monoisotopic (exact) mass is 308 g/mol. The summed E-state index contributed by atoms with van der Waals surface area (Å²) < 4.78 is 4.63. The highest BCUT2D eigenvalue weighted by atomic mass is 16.5. The number of carboxylic acids is 1. The van der Waals surface area contributed by atoms with Gasteiger partial charge in [0, 0.05) is 19.2 Å². The standard InChI is InChI=1S/C14H20N4O4/c1-22-12(13(20)21)18-11(19)4-2-3-9-5-7-10(8-6-9)17-14(15)16/h5-8,12H,2-4H2,1H3,(H,18,19)(H,20,21)(H4,15,16,17). The molecule has 0 heterocycles. The highest BCUT2D eigenvalue weighted by Crippen LogP contribution is 2.11. The van der Waals surface area contributed by atoms with Crippen molar-refractivity contribution in [2.45, 2.75) is 25.5 Å². The Kier molecular flexibility index (Phi) is 6.84. The molecule has 1 amide bonds. The van der Waals surface area contributed by atoms with E-state index in [4.69, 9.17) is 16.2 Å². The molecule has 1 aromatic carbocycles. The number of nitrogens with one attached hydrogen (secondary N) is 3. The van der Waals surface area contributed by atoms with Crippen molar-refractivity contribution in [3.63, 3.8) is 0 Å². The molecule has 0 saturated heterocycles. The molecule has 0 spiro atoms. The molecule has 22 heavy (non-hydrogen) atoms. The molecule has 6 N–H and O–H groups in total. The van der Waals surface area contributed by atoms with Gasteiger partial charge in [0.15, 0.2) is 5.96 Å². The lowest BCUT2D eigenvalue weighted by atomic mass is 10.1. The van der Waals surface area contributed by atoms with Crippen LogP contribution in [0.25, 0.3) is 0 Å². The van der Waals surface area contributed by atoms with Crippen LogP contribution < -0.4 is 16.4 Å². The number of methoxy groups -OCH3 is 1. The summed E-state index contributed by atoms with van der Waals surface area (Å²) in [6.45, 7) is 0. The Hall–Kier alpha value is -2.61. The fraction of sp³-hybridized carbons (Fsp3) is 0.357. The zero-order chi connectivity index (χ0) is 16.5. The molecule has 1 aromatic rings. The number of aliphatic carboxylic acids is 1. The molecule has 0 saturated carbocycles. The van der Waals surface area contributed by atoms with E-state index in [2.05, 4.69) is 15.4 Å². The predicted octanol–water partition coefficient (Wildman–Crippen LogP) is 0.488. The van der Waals surface area contributed by atoms with E-state index < -0.39 is 12.2 Å². The highest BCUT2D eigenvalue weighted by molar-refractivity contribution is 5.89. The molecule has 120 valence electrons. The van der Waals surface area contributed by atoms with Crippen LogP contribution in [0.4, 0.5) is 5.69 Å². The van der Waals surface area contributed by atoms with Crippen LogP contribution in [0.3, 0.4) is 0 Å². The van der Waals surface area contributed by atoms with Gasteiger partial charge < -0.3 is 26.2 Å². The Morgan fingerprint density at radius 1 is 1.36 bits per heavy atom. The summed E-state index contributed by atoms with van der Waals surface area (Å²) in [5.74, 6) is -1.73. The summed E-state index contributed by atoms with van der Waals surface area (Å²) in [6, 6.07) is 7.33. The van der Waals surface area contributed by atoms with Crippen LogP contribution in [0.5, 0.6) is 0 Å². The van der Waals surface area contributed by atoms with Crippen LogP contribution in [0.1, 0.15) is 18.4 Å². The summed E-state index contributed by atoms with van der Waals surface area (Å²) in [5, 5.41) is 20.8. The summed E-state index contributed by atoms with van der Waals surface area (Å²) in [5.41, 5.74) is 6.98. The van der Waals surface area contributed by atoms with Crippen molar-refractivity contribution < 1.29 is 19.4 Å². The number of carbonyl (C=O) groups excluding carboxylic acids is 1. The third-order valence-corrected chi connectivity index (χ3v) is 2.85. The quantitative estimate of drug-likeness (QED) is 0.269. The van der Waals surface area contributed by atoms with E-state index in [0.29, 0.717) is 12.8 Å². The molecule has 1 unspecified atom stereocenters. The van der Waals surface area contributed by atoms with Gasteiger partial charge in [-0.2, -0.15) is 0 Å². The lowest BCUT2D eigenvalue weighted by Gasteiger charge is -2.12. The maximum atomic E-state index is 11.6. The van der Waals surface area contributed by atoms with Crippen LogP contribution in [0, 0.1) is 5.41 Å². The number of nitrogens with two attached hydrogens (primary N) is 1. The fourth-order valence-corrected chi connectivity index (χ4v) is 1.80. The molecule has 0 radical (unpaired) electrons. The van der Waals surface area contributed by atoms with Crippen molar-refractivity contribution in [2.75, 3.05) is 12.4 Å². The molecule has 0 fully saturated rings. The summed E-state index contributed by atoms with van der Waals surface area (Å²) in [6.07, 6.45) is 0.157. The SMILES string of the molecule is COC(NC(=O)CCCc1ccc(NC(=N)N)cc1)C(=O)O. The summed E-state index contributed by atoms with van der Waals surface area (Å²) in [7, 11) is 1.22. The van der Waals surface area contributed by atoms with Gasteiger partial charge in [0.2, 0.25) is 12.1 Å². The van der Waals surface area contributed by atoms with E-state index in [1.165, 1.54) is 7.11 Å². The summed E-state index contributed by atoms with van der Waals surface area (Å²) in [4.78, 5) is 22.3. The first-order valence-electron chi connectivity index (χ1n) is 6.67. The Morgan fingerprint density at radius 2 is 2.00 bits per heavy atom. The molecule has 0 aliphatic heterocycles. The first kappa shape index (κ1) is 17.4. The second-order valence-electron chi connectivity index (χ2n) is 4.61. The fourth-order valence-electron chi connectivity index (χ4n) is 1.80. The first-order valence-corrected chi connectivity index (χ1v) is 6.67. The van der Waals surface area contributed by atoms with Gasteiger partial charge in [0.1, 0.15) is 0 Å². The Bertz CT molecular complexity index is 530. The molecular weight excluding hydrogens is 288 g/mol. The van der Waals surface area contributed by atoms with Crippen LogP contribution in [0.2, 0.25) is 0 Å². The van der Waals surface area contributed by atoms with Gasteiger partial charge in [-0.1, -0.05) is 12.1 Å². The van der Waals surface area contributed by atoms with E-state index >= 15 is 0 Å². The Morgan fingerprint density at radius 3 is 2.50 bits per heavy atom. The highest BCUT2D eigenvalue weighted by Gasteiger charge is 2.18. The maximum Gasteiger partial charge on any atom is 0.354 e. The van der Waals surface area contributed by atoms with Crippen molar-refractivity contribution in [1.82, 2.24) is 5.32 Å². The number of benzene rings is 1. The Labute approximate surface area is 128 Å². The Balaban J connectivity index is 2.36. The number of hydrogen-bond donors (Lipinski definition) is 5. The van der Waals surface area contributed by atoms with Gasteiger partial charge in [0.05, 0.1) is 0 Å². The van der Waals surface area contributed by atoms with Gasteiger partial charge in [0.25, 0.3) is 0 Å². The number of guanidine groups is 1. The lowest BCUT2D eigenvalue weighted by Crippen LogP contribution is -2.41. The van der Waals surface area contributed by atoms with Gasteiger partial charge in [-0.05, 0) is 30.5 Å². The number of rotatable bonds is 8. The zero-order valence-electron chi connectivity index (χ0n) is 12.3. The molecule has 8 nitrogen and oxygen atoms in total. The number of carbonyl (C=O) groups is 2. The average molecular weight is 308 g/mol.